The van der Waals surface area contributed by atoms with Crippen molar-refractivity contribution in [1.29, 1.82) is 0 Å². The van der Waals surface area contributed by atoms with Crippen molar-refractivity contribution < 1.29 is 4.74 Å². The maximum atomic E-state index is 5.43. The molecule has 1 nitrogen and oxygen atoms in total. The normalized spacial score (nSPS) is 12.5. The summed E-state index contributed by atoms with van der Waals surface area (Å²) in [5.41, 5.74) is 2.29. The van der Waals surface area contributed by atoms with E-state index in [0.29, 0.717) is 0 Å². The van der Waals surface area contributed by atoms with Crippen LogP contribution in [-0.4, -0.2) is 7.11 Å². The summed E-state index contributed by atoms with van der Waals surface area (Å²) in [6.07, 6.45) is 0. The van der Waals surface area contributed by atoms with Crippen LogP contribution >= 0.6 is 75.1 Å². The zero-order valence-corrected chi connectivity index (χ0v) is 16.4. The van der Waals surface area contributed by atoms with Gasteiger partial charge in [0.1, 0.15) is 5.75 Å². The molecule has 0 amide bonds. The molecular weight excluding hydrogens is 512 g/mol. The van der Waals surface area contributed by atoms with Crippen LogP contribution in [0.4, 0.5) is 0 Å². The Kier molecular flexibility index (Phi) is 5.34. The zero-order chi connectivity index (χ0) is 13.3. The van der Waals surface area contributed by atoms with E-state index >= 15 is 0 Å². The quantitative estimate of drug-likeness (QED) is 0.419. The Morgan fingerprint density at radius 3 is 2.39 bits per heavy atom. The zero-order valence-electron chi connectivity index (χ0n) is 9.22. The molecule has 1 aromatic heterocycles. The number of methoxy groups -OCH3 is 1. The second-order valence-electron chi connectivity index (χ2n) is 3.53. The molecule has 0 aliphatic carbocycles. The summed E-state index contributed by atoms with van der Waals surface area (Å²) in [7, 11) is 1.68. The molecule has 0 saturated carbocycles. The van der Waals surface area contributed by atoms with Gasteiger partial charge in [-0.3, -0.25) is 0 Å². The lowest BCUT2D eigenvalue weighted by Gasteiger charge is -2.14. The van der Waals surface area contributed by atoms with Gasteiger partial charge in [0.25, 0.3) is 0 Å². The molecule has 0 radical (unpaired) electrons. The number of rotatable bonds is 3. The first-order valence-corrected chi connectivity index (χ1v) is 9.06. The summed E-state index contributed by atoms with van der Waals surface area (Å²) in [5.74, 6) is 0.862. The highest BCUT2D eigenvalue weighted by Gasteiger charge is 2.19. The minimum atomic E-state index is 0.0949. The lowest BCUT2D eigenvalue weighted by atomic mass is 10.1. The fourth-order valence-corrected chi connectivity index (χ4v) is 6.03. The molecule has 0 spiro atoms. The van der Waals surface area contributed by atoms with Gasteiger partial charge in [-0.15, -0.1) is 11.3 Å². The van der Waals surface area contributed by atoms with Crippen LogP contribution in [0.25, 0.3) is 0 Å². The molecular formula is C12H8Br4OS. The van der Waals surface area contributed by atoms with Gasteiger partial charge in [0.15, 0.2) is 0 Å². The van der Waals surface area contributed by atoms with Crippen molar-refractivity contribution in [3.63, 3.8) is 0 Å². The summed E-state index contributed by atoms with van der Waals surface area (Å²) in [6, 6.07) is 8.15. The molecule has 96 valence electrons. The predicted octanol–water partition coefficient (Wildman–Crippen LogP) is 6.53. The monoisotopic (exact) mass is 516 g/mol. The lowest BCUT2D eigenvalue weighted by Crippen LogP contribution is -1.96. The largest absolute Gasteiger partial charge is 0.496 e. The van der Waals surface area contributed by atoms with Crippen LogP contribution in [0.15, 0.2) is 36.3 Å². The molecule has 6 heteroatoms. The van der Waals surface area contributed by atoms with E-state index < -0.39 is 0 Å². The fourth-order valence-electron chi connectivity index (χ4n) is 1.59. The van der Waals surface area contributed by atoms with Gasteiger partial charge in [-0.1, -0.05) is 37.9 Å². The van der Waals surface area contributed by atoms with E-state index in [0.717, 1.165) is 23.4 Å². The van der Waals surface area contributed by atoms with Gasteiger partial charge in [-0.05, 0) is 55.6 Å². The van der Waals surface area contributed by atoms with Gasteiger partial charge in [-0.25, -0.2) is 0 Å². The lowest BCUT2D eigenvalue weighted by molar-refractivity contribution is 0.410. The number of ether oxygens (including phenoxy) is 1. The number of hydrogen-bond acceptors (Lipinski definition) is 2. The molecule has 18 heavy (non-hydrogen) atoms. The van der Waals surface area contributed by atoms with E-state index in [1.807, 2.05) is 12.1 Å². The van der Waals surface area contributed by atoms with E-state index in [9.17, 15) is 0 Å². The molecule has 1 atom stereocenters. The van der Waals surface area contributed by atoms with Crippen molar-refractivity contribution in [2.75, 3.05) is 7.11 Å². The smallest absolute Gasteiger partial charge is 0.124 e. The highest BCUT2D eigenvalue weighted by molar-refractivity contribution is 9.12. The third-order valence-electron chi connectivity index (χ3n) is 2.42. The molecule has 0 N–H and O–H groups in total. The first-order chi connectivity index (χ1) is 8.52. The number of thiophene rings is 1. The second kappa shape index (κ2) is 6.39. The molecule has 2 aromatic rings. The van der Waals surface area contributed by atoms with Gasteiger partial charge in [0, 0.05) is 10.0 Å². The molecule has 0 saturated heterocycles. The summed E-state index contributed by atoms with van der Waals surface area (Å²) in [6.45, 7) is 0. The fraction of sp³-hybridized carbons (Fsp3) is 0.167. The average molecular weight is 520 g/mol. The van der Waals surface area contributed by atoms with Crippen molar-refractivity contribution in [3.05, 3.63) is 47.4 Å². The number of halogens is 4. The van der Waals surface area contributed by atoms with Crippen molar-refractivity contribution in [1.82, 2.24) is 0 Å². The minimum absolute atomic E-state index is 0.0949. The van der Waals surface area contributed by atoms with Gasteiger partial charge in [0.05, 0.1) is 19.5 Å². The number of benzene rings is 1. The molecule has 1 aromatic carbocycles. The first kappa shape index (κ1) is 15.0. The van der Waals surface area contributed by atoms with Crippen LogP contribution in [0, 0.1) is 0 Å². The van der Waals surface area contributed by atoms with Crippen LogP contribution in [0.2, 0.25) is 0 Å². The van der Waals surface area contributed by atoms with E-state index in [-0.39, 0.29) is 4.83 Å². The van der Waals surface area contributed by atoms with Gasteiger partial charge in [0.2, 0.25) is 0 Å². The Bertz CT molecular complexity index is 567. The van der Waals surface area contributed by atoms with Crippen molar-refractivity contribution in [2.24, 2.45) is 0 Å². The van der Waals surface area contributed by atoms with Crippen LogP contribution in [-0.2, 0) is 0 Å². The van der Waals surface area contributed by atoms with Gasteiger partial charge >= 0.3 is 0 Å². The van der Waals surface area contributed by atoms with E-state index in [2.05, 4.69) is 75.9 Å². The third kappa shape index (κ3) is 3.20. The summed E-state index contributed by atoms with van der Waals surface area (Å²) >= 11 is 15.9. The molecule has 0 aliphatic rings. The Morgan fingerprint density at radius 2 is 1.83 bits per heavy atom. The Morgan fingerprint density at radius 1 is 1.11 bits per heavy atom. The van der Waals surface area contributed by atoms with E-state index in [1.54, 1.807) is 18.4 Å². The maximum Gasteiger partial charge on any atom is 0.124 e. The Hall–Kier alpha value is 0.640. The number of alkyl halides is 1. The summed E-state index contributed by atoms with van der Waals surface area (Å²) in [5, 5.41) is 0. The summed E-state index contributed by atoms with van der Waals surface area (Å²) in [4.78, 5) is 0.0949. The van der Waals surface area contributed by atoms with E-state index in [1.165, 1.54) is 5.56 Å². The van der Waals surface area contributed by atoms with Crippen LogP contribution in [0.5, 0.6) is 5.75 Å². The third-order valence-corrected chi connectivity index (χ3v) is 6.29. The number of hydrogen-bond donors (Lipinski definition) is 0. The minimum Gasteiger partial charge on any atom is -0.496 e. The molecule has 0 fully saturated rings. The van der Waals surface area contributed by atoms with Crippen molar-refractivity contribution in [3.8, 4) is 5.75 Å². The molecule has 1 unspecified atom stereocenters. The molecule has 2 rings (SSSR count). The predicted molar refractivity (Wildman–Crippen MR) is 91.2 cm³/mol. The average Bonchev–Trinajstić information content (AvgIpc) is 2.67. The standard InChI is InChI=1S/C12H8Br4OS/c1-17-9-4-6(13)2-3-7(9)11(15)8-5-10(14)18-12(8)16/h2-5,11H,1H3. The van der Waals surface area contributed by atoms with E-state index in [4.69, 9.17) is 4.74 Å². The molecule has 0 aliphatic heterocycles. The first-order valence-electron chi connectivity index (χ1n) is 4.95. The highest BCUT2D eigenvalue weighted by atomic mass is 79.9. The Balaban J connectivity index is 2.45. The maximum absolute atomic E-state index is 5.43. The van der Waals surface area contributed by atoms with Crippen LogP contribution in [0.3, 0.4) is 0 Å². The second-order valence-corrected chi connectivity index (χ2v) is 9.11. The van der Waals surface area contributed by atoms with Crippen LogP contribution < -0.4 is 4.74 Å². The van der Waals surface area contributed by atoms with Crippen LogP contribution in [0.1, 0.15) is 16.0 Å². The SMILES string of the molecule is COc1cc(Br)ccc1C(Br)c1cc(Br)sc1Br. The Labute approximate surface area is 143 Å². The molecule has 1 heterocycles. The topological polar surface area (TPSA) is 9.23 Å². The van der Waals surface area contributed by atoms with Gasteiger partial charge in [-0.2, -0.15) is 0 Å². The van der Waals surface area contributed by atoms with Crippen molar-refractivity contribution in [2.45, 2.75) is 4.83 Å². The summed E-state index contributed by atoms with van der Waals surface area (Å²) < 4.78 is 8.65. The van der Waals surface area contributed by atoms with Crippen molar-refractivity contribution >= 4 is 75.1 Å². The van der Waals surface area contributed by atoms with Gasteiger partial charge < -0.3 is 4.74 Å². The highest BCUT2D eigenvalue weighted by Crippen LogP contribution is 2.44. The molecule has 0 bridgehead atoms.